The standard InChI is InChI=1S/C28H36BrNO7/c1-4-6-13-34-26(32)28(27(33)35-14-7-5-2)36-24-12-11-20(16-25(24)37-28)15-19(3)30-18-23(31)21-9-8-10-22(29)17-21/h8-12,16-17,19,23,30-31H,4-7,13-15,18H2,1-3H3. The first-order chi connectivity index (χ1) is 17.8. The Bertz CT molecular complexity index is 1040. The minimum atomic E-state index is -2.31. The van der Waals surface area contributed by atoms with Crippen molar-refractivity contribution in [2.24, 2.45) is 0 Å². The quantitative estimate of drug-likeness (QED) is 0.186. The van der Waals surface area contributed by atoms with Crippen molar-refractivity contribution >= 4 is 27.9 Å². The fraction of sp³-hybridized carbons (Fsp3) is 0.500. The Morgan fingerprint density at radius 3 is 2.27 bits per heavy atom. The molecule has 0 fully saturated rings. The first kappa shape index (κ1) is 28.9. The molecule has 0 aromatic heterocycles. The molecule has 2 aromatic carbocycles. The third kappa shape index (κ3) is 7.69. The van der Waals surface area contributed by atoms with Crippen molar-refractivity contribution in [2.75, 3.05) is 19.8 Å². The van der Waals surface area contributed by atoms with Crippen molar-refractivity contribution in [3.05, 3.63) is 58.1 Å². The molecule has 37 heavy (non-hydrogen) atoms. The number of ether oxygens (including phenoxy) is 4. The summed E-state index contributed by atoms with van der Waals surface area (Å²) in [4.78, 5) is 25.8. The van der Waals surface area contributed by atoms with Crippen LogP contribution in [0, 0.1) is 0 Å². The molecule has 3 rings (SSSR count). The Kier molecular flexibility index (Phi) is 10.8. The number of fused-ring (bicyclic) bond motifs is 1. The summed E-state index contributed by atoms with van der Waals surface area (Å²) in [6.45, 7) is 6.65. The van der Waals surface area contributed by atoms with Crippen molar-refractivity contribution in [3.8, 4) is 11.5 Å². The van der Waals surface area contributed by atoms with Crippen LogP contribution < -0.4 is 14.8 Å². The highest BCUT2D eigenvalue weighted by molar-refractivity contribution is 9.10. The lowest BCUT2D eigenvalue weighted by Crippen LogP contribution is -2.56. The lowest BCUT2D eigenvalue weighted by molar-refractivity contribution is -0.202. The van der Waals surface area contributed by atoms with Crippen LogP contribution in [-0.2, 0) is 25.5 Å². The van der Waals surface area contributed by atoms with Crippen LogP contribution in [0.15, 0.2) is 46.9 Å². The van der Waals surface area contributed by atoms with E-state index in [2.05, 4.69) is 21.2 Å². The second-order valence-corrected chi connectivity index (χ2v) is 10.1. The zero-order chi connectivity index (χ0) is 26.8. The van der Waals surface area contributed by atoms with E-state index in [9.17, 15) is 14.7 Å². The SMILES string of the molecule is CCCCOC(=O)C1(C(=O)OCCCC)Oc2ccc(CC(C)NCC(O)c3cccc(Br)c3)cc2O1. The molecule has 202 valence electrons. The number of benzene rings is 2. The van der Waals surface area contributed by atoms with Gasteiger partial charge in [-0.3, -0.25) is 0 Å². The fourth-order valence-electron chi connectivity index (χ4n) is 3.80. The van der Waals surface area contributed by atoms with Gasteiger partial charge in [-0.25, -0.2) is 9.59 Å². The van der Waals surface area contributed by atoms with Crippen molar-refractivity contribution in [1.82, 2.24) is 5.32 Å². The molecule has 8 nitrogen and oxygen atoms in total. The molecule has 0 saturated heterocycles. The van der Waals surface area contributed by atoms with E-state index < -0.39 is 23.8 Å². The topological polar surface area (TPSA) is 103 Å². The van der Waals surface area contributed by atoms with Crippen LogP contribution in [0.1, 0.15) is 63.7 Å². The summed E-state index contributed by atoms with van der Waals surface area (Å²) in [6.07, 6.45) is 2.96. The second kappa shape index (κ2) is 13.8. The van der Waals surface area contributed by atoms with Crippen molar-refractivity contribution in [2.45, 2.75) is 70.8 Å². The van der Waals surface area contributed by atoms with Gasteiger partial charge in [-0.15, -0.1) is 0 Å². The summed E-state index contributed by atoms with van der Waals surface area (Å²) in [6, 6.07) is 12.9. The molecular formula is C28H36BrNO7. The van der Waals surface area contributed by atoms with Crippen LogP contribution in [0.3, 0.4) is 0 Å². The molecule has 1 aliphatic rings. The van der Waals surface area contributed by atoms with E-state index in [1.807, 2.05) is 51.1 Å². The van der Waals surface area contributed by atoms with Gasteiger partial charge in [-0.1, -0.05) is 60.8 Å². The third-order valence-corrected chi connectivity index (χ3v) is 6.44. The Morgan fingerprint density at radius 2 is 1.65 bits per heavy atom. The third-order valence-electron chi connectivity index (χ3n) is 5.95. The predicted octanol–water partition coefficient (Wildman–Crippen LogP) is 4.86. The molecule has 0 bridgehead atoms. The van der Waals surface area contributed by atoms with Crippen LogP contribution in [0.25, 0.3) is 0 Å². The van der Waals surface area contributed by atoms with Crippen LogP contribution in [0.2, 0.25) is 0 Å². The maximum atomic E-state index is 12.9. The van der Waals surface area contributed by atoms with E-state index in [1.54, 1.807) is 12.1 Å². The molecule has 0 saturated carbocycles. The van der Waals surface area contributed by atoms with Gasteiger partial charge in [0.05, 0.1) is 19.3 Å². The number of aliphatic hydroxyl groups is 1. The van der Waals surface area contributed by atoms with E-state index >= 15 is 0 Å². The van der Waals surface area contributed by atoms with Gasteiger partial charge in [0.25, 0.3) is 0 Å². The molecular weight excluding hydrogens is 542 g/mol. The Hall–Kier alpha value is -2.62. The normalized spacial score (nSPS) is 15.2. The molecule has 2 aromatic rings. The number of esters is 2. The molecule has 0 spiro atoms. The lowest BCUT2D eigenvalue weighted by Gasteiger charge is -2.23. The van der Waals surface area contributed by atoms with Gasteiger partial charge in [0.15, 0.2) is 11.5 Å². The van der Waals surface area contributed by atoms with Gasteiger partial charge in [0.2, 0.25) is 0 Å². The van der Waals surface area contributed by atoms with Crippen LogP contribution in [0.5, 0.6) is 11.5 Å². The van der Waals surface area contributed by atoms with E-state index in [-0.39, 0.29) is 30.8 Å². The first-order valence-electron chi connectivity index (χ1n) is 12.8. The van der Waals surface area contributed by atoms with Gasteiger partial charge in [0.1, 0.15) is 0 Å². The number of aliphatic hydroxyl groups excluding tert-OH is 1. The lowest BCUT2D eigenvalue weighted by atomic mass is 10.1. The largest absolute Gasteiger partial charge is 0.459 e. The Balaban J connectivity index is 1.65. The molecule has 2 atom stereocenters. The van der Waals surface area contributed by atoms with Gasteiger partial charge in [-0.05, 0) is 61.6 Å². The van der Waals surface area contributed by atoms with Gasteiger partial charge in [-0.2, -0.15) is 0 Å². The zero-order valence-electron chi connectivity index (χ0n) is 21.6. The number of unbranched alkanes of at least 4 members (excludes halogenated alkanes) is 2. The zero-order valence-corrected chi connectivity index (χ0v) is 23.2. The Morgan fingerprint density at radius 1 is 1.00 bits per heavy atom. The maximum Gasteiger partial charge on any atom is 0.453 e. The number of hydrogen-bond acceptors (Lipinski definition) is 8. The van der Waals surface area contributed by atoms with Crippen molar-refractivity contribution < 1.29 is 33.6 Å². The highest BCUT2D eigenvalue weighted by atomic mass is 79.9. The molecule has 1 heterocycles. The molecule has 2 N–H and O–H groups in total. The van der Waals surface area contributed by atoms with E-state index in [1.165, 1.54) is 0 Å². The monoisotopic (exact) mass is 577 g/mol. The number of carbonyl (C=O) groups is 2. The predicted molar refractivity (Wildman–Crippen MR) is 142 cm³/mol. The number of nitrogens with one attached hydrogen (secondary N) is 1. The van der Waals surface area contributed by atoms with E-state index in [0.29, 0.717) is 25.8 Å². The van der Waals surface area contributed by atoms with Crippen LogP contribution in [-0.4, -0.2) is 48.6 Å². The minimum absolute atomic E-state index is 0.0324. The average Bonchev–Trinajstić information content (AvgIpc) is 3.28. The summed E-state index contributed by atoms with van der Waals surface area (Å²) in [7, 11) is 0. The molecule has 0 radical (unpaired) electrons. The minimum Gasteiger partial charge on any atom is -0.459 e. The number of halogens is 1. The van der Waals surface area contributed by atoms with Gasteiger partial charge in [0, 0.05) is 17.1 Å². The average molecular weight is 579 g/mol. The van der Waals surface area contributed by atoms with Crippen molar-refractivity contribution in [3.63, 3.8) is 0 Å². The second-order valence-electron chi connectivity index (χ2n) is 9.16. The highest BCUT2D eigenvalue weighted by Gasteiger charge is 2.59. The molecule has 0 aliphatic carbocycles. The van der Waals surface area contributed by atoms with E-state index in [0.717, 1.165) is 28.4 Å². The highest BCUT2D eigenvalue weighted by Crippen LogP contribution is 2.41. The maximum absolute atomic E-state index is 12.9. The molecule has 0 amide bonds. The molecule has 1 aliphatic heterocycles. The number of rotatable bonds is 14. The van der Waals surface area contributed by atoms with Crippen molar-refractivity contribution in [1.29, 1.82) is 0 Å². The summed E-state index contributed by atoms with van der Waals surface area (Å²) < 4.78 is 23.1. The molecule has 2 unspecified atom stereocenters. The number of carbonyl (C=O) groups excluding carboxylic acids is 2. The van der Waals surface area contributed by atoms with E-state index in [4.69, 9.17) is 18.9 Å². The van der Waals surface area contributed by atoms with Crippen LogP contribution >= 0.6 is 15.9 Å². The summed E-state index contributed by atoms with van der Waals surface area (Å²) in [5.41, 5.74) is 1.74. The Labute approximate surface area is 226 Å². The van der Waals surface area contributed by atoms with Gasteiger partial charge >= 0.3 is 17.7 Å². The van der Waals surface area contributed by atoms with Gasteiger partial charge < -0.3 is 29.4 Å². The smallest absolute Gasteiger partial charge is 0.453 e. The summed E-state index contributed by atoms with van der Waals surface area (Å²) >= 11 is 3.42. The first-order valence-corrected chi connectivity index (χ1v) is 13.6. The summed E-state index contributed by atoms with van der Waals surface area (Å²) in [5, 5.41) is 13.8. The number of hydrogen-bond donors (Lipinski definition) is 2. The summed E-state index contributed by atoms with van der Waals surface area (Å²) in [5.74, 6) is -3.60. The van der Waals surface area contributed by atoms with Crippen LogP contribution in [0.4, 0.5) is 0 Å². The molecule has 9 heteroatoms. The fourth-order valence-corrected chi connectivity index (χ4v) is 4.22.